The number of carbonyl (C=O) groups excluding carboxylic acids is 1. The molecule has 1 aromatic heterocycles. The van der Waals surface area contributed by atoms with E-state index in [1.165, 1.54) is 24.4 Å². The Labute approximate surface area is 145 Å². The fourth-order valence-electron chi connectivity index (χ4n) is 2.43. The Hall–Kier alpha value is -2.06. The van der Waals surface area contributed by atoms with Gasteiger partial charge in [0.1, 0.15) is 0 Å². The lowest BCUT2D eigenvalue weighted by Gasteiger charge is -2.27. The van der Waals surface area contributed by atoms with E-state index in [4.69, 9.17) is 9.47 Å². The number of hydrogen-bond acceptors (Lipinski definition) is 7. The molecule has 0 radical (unpaired) electrons. The van der Waals surface area contributed by atoms with Gasteiger partial charge in [0.05, 0.1) is 31.8 Å². The van der Waals surface area contributed by atoms with Crippen molar-refractivity contribution in [2.24, 2.45) is 0 Å². The van der Waals surface area contributed by atoms with Crippen molar-refractivity contribution in [2.75, 3.05) is 44.1 Å². The maximum Gasteiger partial charge on any atom is 0.316 e. The van der Waals surface area contributed by atoms with Gasteiger partial charge in [-0.25, -0.2) is 0 Å². The molecule has 1 aliphatic heterocycles. The third-order valence-electron chi connectivity index (χ3n) is 3.75. The molecule has 1 aliphatic rings. The molecule has 1 fully saturated rings. The molecule has 24 heavy (non-hydrogen) atoms. The molecule has 0 aliphatic carbocycles. The maximum absolute atomic E-state index is 11.5. The second-order valence-corrected chi connectivity index (χ2v) is 6.36. The molecular weight excluding hydrogens is 328 g/mol. The molecule has 0 saturated carbocycles. The summed E-state index contributed by atoms with van der Waals surface area (Å²) in [5.74, 6) is 0.685. The monoisotopic (exact) mass is 348 g/mol. The third-order valence-corrected chi connectivity index (χ3v) is 4.65. The fourth-order valence-corrected chi connectivity index (χ4v) is 3.21. The molecule has 0 unspecified atom stereocenters. The molecule has 1 aromatic carbocycles. The molecule has 0 spiro atoms. The molecule has 7 nitrogen and oxygen atoms in total. The number of nitrogens with zero attached hydrogens (tertiary/aromatic N) is 4. The molecule has 2 aromatic rings. The Kier molecular flexibility index (Phi) is 5.37. The summed E-state index contributed by atoms with van der Waals surface area (Å²) in [7, 11) is 1.38. The minimum absolute atomic E-state index is 0.198. The van der Waals surface area contributed by atoms with Gasteiger partial charge in [-0.3, -0.25) is 9.36 Å². The number of aromatic nitrogens is 3. The van der Waals surface area contributed by atoms with E-state index in [1.807, 2.05) is 35.8 Å². The number of carbonyl (C=O) groups is 1. The highest BCUT2D eigenvalue weighted by Gasteiger charge is 2.22. The Balaban J connectivity index is 1.94. The van der Waals surface area contributed by atoms with Crippen molar-refractivity contribution in [3.63, 3.8) is 0 Å². The first kappa shape index (κ1) is 16.8. The molecule has 0 amide bonds. The summed E-state index contributed by atoms with van der Waals surface area (Å²) in [5, 5.41) is 9.31. The van der Waals surface area contributed by atoms with Gasteiger partial charge in [0.2, 0.25) is 5.95 Å². The predicted octanol–water partition coefficient (Wildman–Crippen LogP) is 1.68. The Morgan fingerprint density at radius 2 is 1.96 bits per heavy atom. The zero-order chi connectivity index (χ0) is 16.9. The van der Waals surface area contributed by atoms with E-state index in [2.05, 4.69) is 15.1 Å². The molecule has 0 atom stereocenters. The number of methoxy groups -OCH3 is 1. The van der Waals surface area contributed by atoms with Crippen LogP contribution in [0.2, 0.25) is 0 Å². The number of thioether (sulfide) groups is 1. The minimum Gasteiger partial charge on any atom is -0.468 e. The van der Waals surface area contributed by atoms with Crippen LogP contribution in [-0.4, -0.2) is 59.9 Å². The van der Waals surface area contributed by atoms with Crippen LogP contribution in [0.1, 0.15) is 5.56 Å². The summed E-state index contributed by atoms with van der Waals surface area (Å²) in [6.07, 6.45) is 0. The van der Waals surface area contributed by atoms with Gasteiger partial charge in [0, 0.05) is 13.1 Å². The lowest BCUT2D eigenvalue weighted by Crippen LogP contribution is -2.37. The topological polar surface area (TPSA) is 69.5 Å². The molecule has 0 bridgehead atoms. The first-order valence-electron chi connectivity index (χ1n) is 7.74. The van der Waals surface area contributed by atoms with Gasteiger partial charge >= 0.3 is 5.97 Å². The molecule has 3 rings (SSSR count). The zero-order valence-corrected chi connectivity index (χ0v) is 14.6. The Bertz CT molecular complexity index is 696. The van der Waals surface area contributed by atoms with Crippen molar-refractivity contribution in [3.8, 4) is 5.69 Å². The first-order chi connectivity index (χ1) is 11.7. The summed E-state index contributed by atoms with van der Waals surface area (Å²) in [6.45, 7) is 4.93. The van der Waals surface area contributed by atoms with Crippen molar-refractivity contribution in [2.45, 2.75) is 12.1 Å². The Morgan fingerprint density at radius 1 is 1.25 bits per heavy atom. The number of aryl methyl sites for hydroxylation is 1. The second kappa shape index (κ2) is 7.67. The van der Waals surface area contributed by atoms with Crippen LogP contribution in [0.25, 0.3) is 5.69 Å². The predicted molar refractivity (Wildman–Crippen MR) is 91.9 cm³/mol. The average Bonchev–Trinajstić information content (AvgIpc) is 3.05. The van der Waals surface area contributed by atoms with Crippen LogP contribution in [-0.2, 0) is 14.3 Å². The number of benzene rings is 1. The number of morpholine rings is 1. The first-order valence-corrected chi connectivity index (χ1v) is 8.72. The van der Waals surface area contributed by atoms with E-state index in [0.29, 0.717) is 18.4 Å². The largest absolute Gasteiger partial charge is 0.468 e. The number of rotatable bonds is 5. The molecular formula is C16H20N4O3S. The summed E-state index contributed by atoms with van der Waals surface area (Å²) < 4.78 is 12.1. The highest BCUT2D eigenvalue weighted by atomic mass is 32.2. The normalized spacial score (nSPS) is 14.7. The molecule has 0 N–H and O–H groups in total. The minimum atomic E-state index is -0.286. The summed E-state index contributed by atoms with van der Waals surface area (Å²) >= 11 is 1.32. The maximum atomic E-state index is 11.5. The second-order valence-electron chi connectivity index (χ2n) is 5.42. The number of hydrogen-bond donors (Lipinski definition) is 0. The van der Waals surface area contributed by atoms with Gasteiger partial charge in [-0.15, -0.1) is 10.2 Å². The van der Waals surface area contributed by atoms with Gasteiger partial charge in [-0.05, 0) is 19.1 Å². The van der Waals surface area contributed by atoms with Crippen LogP contribution >= 0.6 is 11.8 Å². The van der Waals surface area contributed by atoms with E-state index in [9.17, 15) is 4.79 Å². The van der Waals surface area contributed by atoms with E-state index < -0.39 is 0 Å². The number of anilines is 1. The number of esters is 1. The summed E-state index contributed by atoms with van der Waals surface area (Å²) in [4.78, 5) is 13.6. The van der Waals surface area contributed by atoms with E-state index in [1.54, 1.807) is 0 Å². The van der Waals surface area contributed by atoms with Crippen LogP contribution in [0.3, 0.4) is 0 Å². The van der Waals surface area contributed by atoms with E-state index >= 15 is 0 Å². The van der Waals surface area contributed by atoms with Gasteiger partial charge in [-0.2, -0.15) is 0 Å². The third kappa shape index (κ3) is 3.70. The number of ether oxygens (including phenoxy) is 2. The van der Waals surface area contributed by atoms with Crippen LogP contribution in [0.15, 0.2) is 29.4 Å². The van der Waals surface area contributed by atoms with Gasteiger partial charge in [0.15, 0.2) is 5.16 Å². The van der Waals surface area contributed by atoms with Crippen LogP contribution in [0.4, 0.5) is 5.95 Å². The van der Waals surface area contributed by atoms with Gasteiger partial charge < -0.3 is 14.4 Å². The smallest absolute Gasteiger partial charge is 0.316 e. The fraction of sp³-hybridized carbons (Fsp3) is 0.438. The highest BCUT2D eigenvalue weighted by Crippen LogP contribution is 2.27. The van der Waals surface area contributed by atoms with E-state index in [-0.39, 0.29) is 11.7 Å². The molecule has 1 saturated heterocycles. The zero-order valence-electron chi connectivity index (χ0n) is 13.8. The van der Waals surface area contributed by atoms with Crippen molar-refractivity contribution < 1.29 is 14.3 Å². The lowest BCUT2D eigenvalue weighted by molar-refractivity contribution is -0.137. The van der Waals surface area contributed by atoms with Crippen molar-refractivity contribution in [1.82, 2.24) is 14.8 Å². The summed E-state index contributed by atoms with van der Waals surface area (Å²) in [5.41, 5.74) is 2.16. The lowest BCUT2D eigenvalue weighted by atomic mass is 10.2. The molecule has 2 heterocycles. The molecule has 8 heteroatoms. The quantitative estimate of drug-likeness (QED) is 0.601. The summed E-state index contributed by atoms with van der Waals surface area (Å²) in [6, 6.07) is 8.16. The molecule has 128 valence electrons. The SMILES string of the molecule is COC(=O)CSc1nnc(N2CCOCC2)n1-c1ccc(C)cc1. The van der Waals surface area contributed by atoms with Gasteiger partial charge in [0.25, 0.3) is 0 Å². The average molecular weight is 348 g/mol. The van der Waals surface area contributed by atoms with E-state index in [0.717, 1.165) is 24.7 Å². The van der Waals surface area contributed by atoms with Crippen molar-refractivity contribution in [1.29, 1.82) is 0 Å². The highest BCUT2D eigenvalue weighted by molar-refractivity contribution is 7.99. The van der Waals surface area contributed by atoms with Gasteiger partial charge in [-0.1, -0.05) is 29.5 Å². The van der Waals surface area contributed by atoms with Crippen LogP contribution in [0.5, 0.6) is 0 Å². The van der Waals surface area contributed by atoms with Crippen LogP contribution < -0.4 is 4.90 Å². The van der Waals surface area contributed by atoms with Crippen molar-refractivity contribution in [3.05, 3.63) is 29.8 Å². The van der Waals surface area contributed by atoms with Crippen molar-refractivity contribution >= 4 is 23.7 Å². The Morgan fingerprint density at radius 3 is 2.62 bits per heavy atom. The standard InChI is InChI=1S/C16H20N4O3S/c1-12-3-5-13(6-4-12)20-15(19-7-9-23-10-8-19)17-18-16(20)24-11-14(21)22-2/h3-6H,7-11H2,1-2H3. The van der Waals surface area contributed by atoms with Crippen LogP contribution in [0, 0.1) is 6.92 Å².